The van der Waals surface area contributed by atoms with Crippen LogP contribution in [0, 0.1) is 6.92 Å². The molecule has 1 heterocycles. The average molecular weight is 375 g/mol. The Morgan fingerprint density at radius 1 is 1.04 bits per heavy atom. The highest BCUT2D eigenvalue weighted by molar-refractivity contribution is 7.89. The van der Waals surface area contributed by atoms with Gasteiger partial charge in [-0.1, -0.05) is 48.6 Å². The zero-order chi connectivity index (χ0) is 19.0. The van der Waals surface area contributed by atoms with Gasteiger partial charge in [0.15, 0.2) is 0 Å². The van der Waals surface area contributed by atoms with Gasteiger partial charge in [-0.25, -0.2) is 8.42 Å². The number of allylic oxidation sites excluding steroid dienone is 2. The molecule has 0 bridgehead atoms. The van der Waals surface area contributed by atoms with Crippen molar-refractivity contribution in [1.82, 2.24) is 4.31 Å². The number of hydrogen-bond donors (Lipinski definition) is 0. The summed E-state index contributed by atoms with van der Waals surface area (Å²) < 4.78 is 32.2. The maximum Gasteiger partial charge on any atom is 0.321 e. The molecule has 26 heavy (non-hydrogen) atoms. The molecule has 2 rings (SSSR count). The van der Waals surface area contributed by atoms with E-state index >= 15 is 0 Å². The molecule has 0 N–H and O–H groups in total. The van der Waals surface area contributed by atoms with E-state index in [2.05, 4.69) is 6.58 Å². The van der Waals surface area contributed by atoms with Gasteiger partial charge in [-0.15, -0.1) is 0 Å². The predicted molar refractivity (Wildman–Crippen MR) is 102 cm³/mol. The van der Waals surface area contributed by atoms with Crippen LogP contribution < -0.4 is 0 Å². The van der Waals surface area contributed by atoms with E-state index in [0.29, 0.717) is 12.0 Å². The second-order valence-electron chi connectivity index (χ2n) is 6.21. The Morgan fingerprint density at radius 3 is 2.42 bits per heavy atom. The molecule has 1 aromatic carbocycles. The number of benzene rings is 1. The van der Waals surface area contributed by atoms with Gasteiger partial charge in [-0.2, -0.15) is 4.31 Å². The third kappa shape index (κ3) is 5.97. The van der Waals surface area contributed by atoms with Crippen LogP contribution >= 0.6 is 0 Å². The Bertz CT molecular complexity index is 792. The van der Waals surface area contributed by atoms with Crippen molar-refractivity contribution in [2.24, 2.45) is 0 Å². The summed E-state index contributed by atoms with van der Waals surface area (Å²) in [6.45, 7) is 5.68. The Labute approximate surface area is 155 Å². The number of carbonyl (C=O) groups excluding carboxylic acids is 1. The summed E-state index contributed by atoms with van der Waals surface area (Å²) in [6.07, 6.45) is 10.0. The molecule has 1 aromatic rings. The highest BCUT2D eigenvalue weighted by Crippen LogP contribution is 2.17. The molecule has 0 aliphatic carbocycles. The molecule has 1 aliphatic rings. The Kier molecular flexibility index (Phi) is 7.36. The number of cyclic esters (lactones) is 1. The van der Waals surface area contributed by atoms with Crippen molar-refractivity contribution in [3.05, 3.63) is 66.3 Å². The number of hydrogen-bond acceptors (Lipinski definition) is 4. The van der Waals surface area contributed by atoms with Crippen LogP contribution in [0.1, 0.15) is 24.8 Å². The fourth-order valence-corrected chi connectivity index (χ4v) is 3.85. The van der Waals surface area contributed by atoms with Crippen LogP contribution in [-0.4, -0.2) is 38.4 Å². The first-order valence-electron chi connectivity index (χ1n) is 8.61. The smallest absolute Gasteiger partial charge is 0.321 e. The van der Waals surface area contributed by atoms with Crippen LogP contribution in [-0.2, 0) is 19.6 Å². The number of aryl methyl sites for hydroxylation is 1. The minimum atomic E-state index is -3.77. The van der Waals surface area contributed by atoms with E-state index < -0.39 is 16.0 Å². The van der Waals surface area contributed by atoms with Crippen molar-refractivity contribution in [3.63, 3.8) is 0 Å². The van der Waals surface area contributed by atoms with Gasteiger partial charge >= 0.3 is 5.97 Å². The van der Waals surface area contributed by atoms with Gasteiger partial charge in [0.1, 0.15) is 13.2 Å². The third-order valence-corrected chi connectivity index (χ3v) is 5.81. The molecule has 6 heteroatoms. The topological polar surface area (TPSA) is 63.7 Å². The lowest BCUT2D eigenvalue weighted by molar-refractivity contribution is -0.142. The van der Waals surface area contributed by atoms with Crippen LogP contribution in [0.15, 0.2) is 65.6 Å². The SMILES string of the molecule is C=C1/C=C\CC/C=C/CCN(S(=O)(=O)c2ccc(C)cc2)CC(=O)OC1. The number of carbonyl (C=O) groups is 1. The lowest BCUT2D eigenvalue weighted by Gasteiger charge is -2.21. The summed E-state index contributed by atoms with van der Waals surface area (Å²) >= 11 is 0. The quantitative estimate of drug-likeness (QED) is 0.587. The van der Waals surface area contributed by atoms with E-state index in [-0.39, 0.29) is 24.6 Å². The van der Waals surface area contributed by atoms with E-state index in [9.17, 15) is 13.2 Å². The van der Waals surface area contributed by atoms with E-state index in [1.165, 1.54) is 4.31 Å². The van der Waals surface area contributed by atoms with Crippen LogP contribution in [0.4, 0.5) is 0 Å². The zero-order valence-electron chi connectivity index (χ0n) is 15.1. The fourth-order valence-electron chi connectivity index (χ4n) is 2.45. The predicted octanol–water partition coefficient (Wildman–Crippen LogP) is 3.38. The number of sulfonamides is 1. The van der Waals surface area contributed by atoms with Crippen molar-refractivity contribution >= 4 is 16.0 Å². The lowest BCUT2D eigenvalue weighted by Crippen LogP contribution is -2.37. The summed E-state index contributed by atoms with van der Waals surface area (Å²) in [5.41, 5.74) is 1.64. The highest BCUT2D eigenvalue weighted by Gasteiger charge is 2.26. The molecular weight excluding hydrogens is 350 g/mol. The van der Waals surface area contributed by atoms with Gasteiger partial charge in [0, 0.05) is 6.54 Å². The number of esters is 1. The monoisotopic (exact) mass is 375 g/mol. The maximum atomic E-state index is 12.9. The molecule has 0 saturated heterocycles. The van der Waals surface area contributed by atoms with Crippen molar-refractivity contribution in [2.75, 3.05) is 19.7 Å². The van der Waals surface area contributed by atoms with Gasteiger partial charge in [0.2, 0.25) is 10.0 Å². The molecule has 0 aromatic heterocycles. The molecule has 0 spiro atoms. The minimum absolute atomic E-state index is 0.0591. The lowest BCUT2D eigenvalue weighted by atomic mass is 10.2. The molecule has 0 unspecified atom stereocenters. The summed E-state index contributed by atoms with van der Waals surface area (Å²) in [4.78, 5) is 12.3. The number of nitrogens with zero attached hydrogens (tertiary/aromatic N) is 1. The van der Waals surface area contributed by atoms with Crippen LogP contribution in [0.3, 0.4) is 0 Å². The summed E-state index contributed by atoms with van der Waals surface area (Å²) in [6, 6.07) is 6.60. The third-order valence-electron chi connectivity index (χ3n) is 3.95. The van der Waals surface area contributed by atoms with Crippen LogP contribution in [0.5, 0.6) is 0 Å². The van der Waals surface area contributed by atoms with Crippen molar-refractivity contribution < 1.29 is 17.9 Å². The van der Waals surface area contributed by atoms with Gasteiger partial charge in [-0.05, 0) is 43.9 Å². The standard InChI is InChI=1S/C20H25NO4S/c1-17-10-12-19(13-11-17)26(23,24)21-14-8-6-4-3-5-7-9-18(2)16-25-20(22)15-21/h4,6-7,9-13H,2-3,5,8,14-16H2,1H3/b6-4+,9-7-. The largest absolute Gasteiger partial charge is 0.460 e. The second-order valence-corrected chi connectivity index (χ2v) is 8.15. The van der Waals surface area contributed by atoms with Crippen molar-refractivity contribution in [3.8, 4) is 0 Å². The second kappa shape index (κ2) is 9.50. The summed E-state index contributed by atoms with van der Waals surface area (Å²) in [7, 11) is -3.77. The molecule has 5 nitrogen and oxygen atoms in total. The minimum Gasteiger partial charge on any atom is -0.460 e. The zero-order valence-corrected chi connectivity index (χ0v) is 15.9. The van der Waals surface area contributed by atoms with Crippen molar-refractivity contribution in [2.45, 2.75) is 31.1 Å². The van der Waals surface area contributed by atoms with Crippen molar-refractivity contribution in [1.29, 1.82) is 0 Å². The van der Waals surface area contributed by atoms with E-state index in [0.717, 1.165) is 18.4 Å². The molecule has 0 radical (unpaired) electrons. The Balaban J connectivity index is 2.21. The van der Waals surface area contributed by atoms with Gasteiger partial charge in [0.05, 0.1) is 4.90 Å². The first-order chi connectivity index (χ1) is 12.4. The molecule has 0 fully saturated rings. The first-order valence-corrected chi connectivity index (χ1v) is 10.1. The van der Waals surface area contributed by atoms with Gasteiger partial charge in [0.25, 0.3) is 0 Å². The molecule has 1 aliphatic heterocycles. The first kappa shape index (κ1) is 20.1. The maximum absolute atomic E-state index is 12.9. The van der Waals surface area contributed by atoms with Gasteiger partial charge in [-0.3, -0.25) is 4.79 Å². The van der Waals surface area contributed by atoms with E-state index in [1.54, 1.807) is 24.3 Å². The Morgan fingerprint density at radius 2 is 1.69 bits per heavy atom. The highest BCUT2D eigenvalue weighted by atomic mass is 32.2. The normalized spacial score (nSPS) is 20.8. The number of rotatable bonds is 2. The summed E-state index contributed by atoms with van der Waals surface area (Å²) in [5, 5.41) is 0. The molecule has 0 atom stereocenters. The average Bonchev–Trinajstić information content (AvgIpc) is 2.61. The fraction of sp³-hybridized carbons (Fsp3) is 0.350. The Hall–Kier alpha value is -2.18. The molecule has 0 saturated carbocycles. The van der Waals surface area contributed by atoms with Crippen LogP contribution in [0.2, 0.25) is 0 Å². The van der Waals surface area contributed by atoms with Crippen LogP contribution in [0.25, 0.3) is 0 Å². The molecule has 140 valence electrons. The van der Waals surface area contributed by atoms with Gasteiger partial charge < -0.3 is 4.74 Å². The number of ether oxygens (including phenoxy) is 1. The van der Waals surface area contributed by atoms with E-state index in [1.807, 2.05) is 31.2 Å². The molecular formula is C20H25NO4S. The van der Waals surface area contributed by atoms with E-state index in [4.69, 9.17) is 4.74 Å². The molecule has 0 amide bonds. The summed E-state index contributed by atoms with van der Waals surface area (Å²) in [5.74, 6) is -0.587.